The van der Waals surface area contributed by atoms with E-state index in [1.807, 2.05) is 6.92 Å². The molecule has 27 heavy (non-hydrogen) atoms. The van der Waals surface area contributed by atoms with Crippen molar-refractivity contribution in [3.63, 3.8) is 0 Å². The molecule has 1 aliphatic rings. The summed E-state index contributed by atoms with van der Waals surface area (Å²) in [6, 6.07) is -3.70. The van der Waals surface area contributed by atoms with Gasteiger partial charge < -0.3 is 31.5 Å². The highest BCUT2D eigenvalue weighted by Crippen LogP contribution is 2.11. The molecule has 3 amide bonds. The molecule has 0 radical (unpaired) electrons. The van der Waals surface area contributed by atoms with Crippen molar-refractivity contribution in [2.24, 2.45) is 5.92 Å². The number of carboxylic acid groups (broad SMARTS) is 1. The van der Waals surface area contributed by atoms with Gasteiger partial charge in [0.1, 0.15) is 18.1 Å². The van der Waals surface area contributed by atoms with Crippen molar-refractivity contribution in [3.05, 3.63) is 0 Å². The summed E-state index contributed by atoms with van der Waals surface area (Å²) in [7, 11) is 0. The predicted molar refractivity (Wildman–Crippen MR) is 96.7 cm³/mol. The van der Waals surface area contributed by atoms with E-state index >= 15 is 0 Å². The number of hydrogen-bond acceptors (Lipinski definition) is 6. The predicted octanol–water partition coefficient (Wildman–Crippen LogP) is -1.66. The molecule has 5 unspecified atom stereocenters. The second-order valence-corrected chi connectivity index (χ2v) is 6.83. The molecule has 6 N–H and O–H groups in total. The first-order valence-electron chi connectivity index (χ1n) is 9.19. The molecule has 0 aliphatic carbocycles. The smallest absolute Gasteiger partial charge is 0.325 e. The van der Waals surface area contributed by atoms with E-state index in [1.165, 1.54) is 6.92 Å². The number of amides is 3. The first kappa shape index (κ1) is 22.8. The Morgan fingerprint density at radius 3 is 2.26 bits per heavy atom. The monoisotopic (exact) mass is 386 g/mol. The van der Waals surface area contributed by atoms with Crippen LogP contribution in [0, 0.1) is 5.92 Å². The lowest BCUT2D eigenvalue weighted by atomic mass is 9.97. The van der Waals surface area contributed by atoms with E-state index in [0.29, 0.717) is 12.8 Å². The number of aliphatic carboxylic acids is 1. The van der Waals surface area contributed by atoms with E-state index in [0.717, 1.165) is 13.0 Å². The normalized spacial score (nSPS) is 20.8. The maximum absolute atomic E-state index is 12.6. The van der Waals surface area contributed by atoms with Gasteiger partial charge in [-0.1, -0.05) is 20.3 Å². The summed E-state index contributed by atoms with van der Waals surface area (Å²) in [6.45, 7) is 4.98. The quantitative estimate of drug-likeness (QED) is 0.262. The zero-order chi connectivity index (χ0) is 20.6. The molecule has 0 spiro atoms. The molecule has 10 nitrogen and oxygen atoms in total. The number of hydrogen-bond donors (Lipinski definition) is 6. The van der Waals surface area contributed by atoms with Crippen LogP contribution in [0.1, 0.15) is 40.0 Å². The lowest BCUT2D eigenvalue weighted by Crippen LogP contribution is -2.59. The van der Waals surface area contributed by atoms with Crippen molar-refractivity contribution >= 4 is 23.7 Å². The Balaban J connectivity index is 2.76. The van der Waals surface area contributed by atoms with Gasteiger partial charge in [-0.3, -0.25) is 19.2 Å². The van der Waals surface area contributed by atoms with Crippen molar-refractivity contribution in [1.82, 2.24) is 21.3 Å². The second-order valence-electron chi connectivity index (χ2n) is 6.83. The van der Waals surface area contributed by atoms with Crippen LogP contribution in [0.4, 0.5) is 0 Å². The fraction of sp³-hybridized carbons (Fsp3) is 0.765. The van der Waals surface area contributed by atoms with Crippen LogP contribution in [0.25, 0.3) is 0 Å². The molecule has 0 aromatic rings. The van der Waals surface area contributed by atoms with Crippen molar-refractivity contribution in [2.75, 3.05) is 13.2 Å². The standard InChI is InChI=1S/C17H30N4O6/c1-4-9(2)13(21-14(23)11-6-5-7-18-11)16(25)20-12(8-22)15(24)19-10(3)17(26)27/h9-13,18,22H,4-8H2,1-3H3,(H,19,24)(H,20,25)(H,21,23)(H,26,27). The number of aliphatic hydroxyl groups excluding tert-OH is 1. The topological polar surface area (TPSA) is 157 Å². The minimum atomic E-state index is -1.31. The molecule has 10 heteroatoms. The minimum absolute atomic E-state index is 0.198. The van der Waals surface area contributed by atoms with Gasteiger partial charge in [0.15, 0.2) is 0 Å². The van der Waals surface area contributed by atoms with E-state index in [1.54, 1.807) is 6.92 Å². The zero-order valence-electron chi connectivity index (χ0n) is 15.9. The fourth-order valence-corrected chi connectivity index (χ4v) is 2.70. The fourth-order valence-electron chi connectivity index (χ4n) is 2.70. The largest absolute Gasteiger partial charge is 0.480 e. The highest BCUT2D eigenvalue weighted by atomic mass is 16.4. The summed E-state index contributed by atoms with van der Waals surface area (Å²) in [5.74, 6) is -3.13. The van der Waals surface area contributed by atoms with Crippen molar-refractivity contribution in [3.8, 4) is 0 Å². The molecular formula is C17H30N4O6. The maximum Gasteiger partial charge on any atom is 0.325 e. The van der Waals surface area contributed by atoms with Gasteiger partial charge >= 0.3 is 5.97 Å². The molecule has 1 aliphatic heterocycles. The van der Waals surface area contributed by atoms with Crippen molar-refractivity contribution < 1.29 is 29.4 Å². The van der Waals surface area contributed by atoms with E-state index < -0.39 is 42.5 Å². The average molecular weight is 386 g/mol. The number of carboxylic acids is 1. The minimum Gasteiger partial charge on any atom is -0.480 e. The molecule has 1 fully saturated rings. The van der Waals surface area contributed by atoms with Crippen molar-refractivity contribution in [1.29, 1.82) is 0 Å². The van der Waals surface area contributed by atoms with Crippen LogP contribution >= 0.6 is 0 Å². The zero-order valence-corrected chi connectivity index (χ0v) is 15.9. The lowest BCUT2D eigenvalue weighted by molar-refractivity contribution is -0.142. The molecule has 1 saturated heterocycles. The summed E-state index contributed by atoms with van der Waals surface area (Å²) in [5.41, 5.74) is 0. The van der Waals surface area contributed by atoms with Gasteiger partial charge in [-0.15, -0.1) is 0 Å². The van der Waals surface area contributed by atoms with Crippen LogP contribution in [0.15, 0.2) is 0 Å². The molecular weight excluding hydrogens is 356 g/mol. The van der Waals surface area contributed by atoms with Gasteiger partial charge in [0.05, 0.1) is 12.6 Å². The molecule has 1 rings (SSSR count). The van der Waals surface area contributed by atoms with E-state index in [4.69, 9.17) is 5.11 Å². The third-order valence-electron chi connectivity index (χ3n) is 4.71. The van der Waals surface area contributed by atoms with E-state index in [-0.39, 0.29) is 17.9 Å². The van der Waals surface area contributed by atoms with Crippen LogP contribution in [-0.4, -0.2) is 71.2 Å². The van der Waals surface area contributed by atoms with Crippen LogP contribution in [-0.2, 0) is 19.2 Å². The third kappa shape index (κ3) is 6.79. The Labute approximate surface area is 158 Å². The molecule has 0 saturated carbocycles. The summed E-state index contributed by atoms with van der Waals surface area (Å²) < 4.78 is 0. The van der Waals surface area contributed by atoms with Gasteiger partial charge in [0.2, 0.25) is 17.7 Å². The van der Waals surface area contributed by atoms with Crippen LogP contribution in [0.5, 0.6) is 0 Å². The molecule has 5 atom stereocenters. The average Bonchev–Trinajstić information content (AvgIpc) is 3.17. The SMILES string of the molecule is CCC(C)C(NC(=O)C1CCCN1)C(=O)NC(CO)C(=O)NC(C)C(=O)O. The van der Waals surface area contributed by atoms with Gasteiger partial charge in [-0.05, 0) is 32.2 Å². The Hall–Kier alpha value is -2.20. The van der Waals surface area contributed by atoms with Gasteiger partial charge in [0, 0.05) is 0 Å². The first-order chi connectivity index (χ1) is 12.7. The third-order valence-corrected chi connectivity index (χ3v) is 4.71. The highest BCUT2D eigenvalue weighted by Gasteiger charge is 2.32. The van der Waals surface area contributed by atoms with Gasteiger partial charge in [-0.2, -0.15) is 0 Å². The van der Waals surface area contributed by atoms with Gasteiger partial charge in [-0.25, -0.2) is 0 Å². The number of carbonyl (C=O) groups excluding carboxylic acids is 3. The maximum atomic E-state index is 12.6. The number of carbonyl (C=O) groups is 4. The Morgan fingerprint density at radius 2 is 1.78 bits per heavy atom. The van der Waals surface area contributed by atoms with Crippen LogP contribution < -0.4 is 21.3 Å². The first-order valence-corrected chi connectivity index (χ1v) is 9.19. The molecule has 154 valence electrons. The highest BCUT2D eigenvalue weighted by molar-refractivity contribution is 5.94. The van der Waals surface area contributed by atoms with E-state index in [2.05, 4.69) is 21.3 Å². The Bertz CT molecular complexity index is 550. The number of aliphatic hydroxyl groups is 1. The summed E-state index contributed by atoms with van der Waals surface area (Å²) in [4.78, 5) is 47.9. The summed E-state index contributed by atoms with van der Waals surface area (Å²) in [6.07, 6.45) is 2.19. The van der Waals surface area contributed by atoms with Crippen LogP contribution in [0.2, 0.25) is 0 Å². The molecule has 0 aromatic carbocycles. The lowest BCUT2D eigenvalue weighted by Gasteiger charge is -2.27. The Morgan fingerprint density at radius 1 is 1.11 bits per heavy atom. The number of rotatable bonds is 10. The van der Waals surface area contributed by atoms with Gasteiger partial charge in [0.25, 0.3) is 0 Å². The second kappa shape index (κ2) is 10.8. The van der Waals surface area contributed by atoms with Crippen LogP contribution in [0.3, 0.4) is 0 Å². The van der Waals surface area contributed by atoms with E-state index in [9.17, 15) is 24.3 Å². The Kier molecular flexibility index (Phi) is 9.16. The molecule has 0 aromatic heterocycles. The summed E-state index contributed by atoms with van der Waals surface area (Å²) >= 11 is 0. The molecule has 1 heterocycles. The van der Waals surface area contributed by atoms with Crippen molar-refractivity contribution in [2.45, 2.75) is 64.2 Å². The number of nitrogens with one attached hydrogen (secondary N) is 4. The summed E-state index contributed by atoms with van der Waals surface area (Å²) in [5, 5.41) is 28.6. The molecule has 0 bridgehead atoms.